The molecule has 4 aromatic rings. The molecule has 0 radical (unpaired) electrons. The topological polar surface area (TPSA) is 157 Å². The van der Waals surface area contributed by atoms with E-state index >= 15 is 4.39 Å². The number of carbonyl (C=O) groups is 3. The maximum atomic E-state index is 15.4. The number of imide groups is 1. The van der Waals surface area contributed by atoms with Crippen molar-refractivity contribution in [2.45, 2.75) is 105 Å². The van der Waals surface area contributed by atoms with Gasteiger partial charge in [0.15, 0.2) is 17.4 Å². The summed E-state index contributed by atoms with van der Waals surface area (Å²) in [6, 6.07) is 14.6. The Balaban J connectivity index is 1.51. The zero-order valence-electron chi connectivity index (χ0n) is 35.3. The number of nitrogens with one attached hydrogen (secondary N) is 1. The van der Waals surface area contributed by atoms with Gasteiger partial charge in [0, 0.05) is 60.7 Å². The number of nitrogens with two attached hydrogens (primary N) is 1. The molecular formula is C45H58FN5O7. The summed E-state index contributed by atoms with van der Waals surface area (Å²) in [6.45, 7) is 16.5. The number of anilines is 3. The zero-order chi connectivity index (χ0) is 42.7. The van der Waals surface area contributed by atoms with Crippen LogP contribution in [0, 0.1) is 24.6 Å². The maximum Gasteiger partial charge on any atom is 0.425 e. The van der Waals surface area contributed by atoms with Crippen molar-refractivity contribution in [2.24, 2.45) is 11.8 Å². The molecule has 1 heterocycles. The lowest BCUT2D eigenvalue weighted by molar-refractivity contribution is -0.131. The molecule has 312 valence electrons. The van der Waals surface area contributed by atoms with Crippen molar-refractivity contribution in [3.05, 3.63) is 88.9 Å². The number of rotatable bonds is 13. The minimum absolute atomic E-state index is 0.0165. The molecule has 13 heteroatoms. The Labute approximate surface area is 340 Å². The van der Waals surface area contributed by atoms with Crippen LogP contribution in [0.2, 0.25) is 0 Å². The molecule has 4 N–H and O–H groups in total. The van der Waals surface area contributed by atoms with Crippen molar-refractivity contribution in [2.75, 3.05) is 36.2 Å². The molecule has 0 saturated heterocycles. The molecule has 1 unspecified atom stereocenters. The first kappa shape index (κ1) is 43.7. The molecule has 3 aromatic carbocycles. The number of nitrogens with zero attached hydrogens (tertiary/aromatic N) is 3. The highest BCUT2D eigenvalue weighted by atomic mass is 19.1. The number of aliphatic hydroxyl groups excluding tert-OH is 1. The van der Waals surface area contributed by atoms with Gasteiger partial charge in [-0.1, -0.05) is 32.0 Å². The summed E-state index contributed by atoms with van der Waals surface area (Å²) >= 11 is 0. The number of fused-ring (bicyclic) bond motifs is 1. The van der Waals surface area contributed by atoms with Crippen LogP contribution < -0.4 is 20.7 Å². The smallest absolute Gasteiger partial charge is 0.425 e. The number of likely N-dealkylation sites (N-methyl/N-ethyl adjacent to an activating group) is 1. The zero-order valence-corrected chi connectivity index (χ0v) is 35.3. The largest absolute Gasteiger partial charge is 0.490 e. The van der Waals surface area contributed by atoms with Crippen molar-refractivity contribution in [1.82, 2.24) is 9.88 Å². The van der Waals surface area contributed by atoms with Gasteiger partial charge in [0.25, 0.3) is 0 Å². The molecular weight excluding hydrogens is 742 g/mol. The van der Waals surface area contributed by atoms with E-state index in [2.05, 4.69) is 17.2 Å². The van der Waals surface area contributed by atoms with E-state index in [0.717, 1.165) is 28.9 Å². The fourth-order valence-corrected chi connectivity index (χ4v) is 6.80. The molecule has 5 rings (SSSR count). The summed E-state index contributed by atoms with van der Waals surface area (Å²) in [7, 11) is 1.64. The summed E-state index contributed by atoms with van der Waals surface area (Å²) in [4.78, 5) is 48.3. The van der Waals surface area contributed by atoms with Crippen molar-refractivity contribution in [3.63, 3.8) is 0 Å². The second kappa shape index (κ2) is 17.6. The van der Waals surface area contributed by atoms with Crippen molar-refractivity contribution in [3.8, 4) is 5.75 Å². The van der Waals surface area contributed by atoms with E-state index in [-0.39, 0.29) is 48.1 Å². The molecule has 12 nitrogen and oxygen atoms in total. The molecule has 1 aliphatic rings. The number of hydrogen-bond donors (Lipinski definition) is 3. The number of aryl methyl sites for hydroxylation is 1. The Morgan fingerprint density at radius 2 is 1.62 bits per heavy atom. The number of hydrogen-bond acceptors (Lipinski definition) is 10. The SMILES string of the molecule is Cc1cc(C(Nc2ccc3c(N(C(=O)OC(C)(C)C)C(=O)OC(C)(C)C)nccc3c2)C(=O)N(C)Cc2cc(N)cc(F)c2OC[C@@H](C)C2CC2)ccc1[C@@H](C)CO. The van der Waals surface area contributed by atoms with E-state index in [1.54, 1.807) is 78.9 Å². The predicted molar refractivity (Wildman–Crippen MR) is 224 cm³/mol. The van der Waals surface area contributed by atoms with Gasteiger partial charge in [-0.3, -0.25) is 4.79 Å². The molecule has 58 heavy (non-hydrogen) atoms. The molecule has 1 fully saturated rings. The minimum atomic E-state index is -0.946. The fraction of sp³-hybridized carbons (Fsp3) is 0.467. The van der Waals surface area contributed by atoms with Crippen LogP contribution in [0.15, 0.2) is 60.8 Å². The number of halogens is 1. The quantitative estimate of drug-likeness (QED) is 0.111. The third kappa shape index (κ3) is 10.9. The Kier molecular flexibility index (Phi) is 13.3. The average molecular weight is 800 g/mol. The molecule has 3 amide bonds. The van der Waals surface area contributed by atoms with E-state index in [1.165, 1.54) is 17.2 Å². The van der Waals surface area contributed by atoms with Gasteiger partial charge in [-0.2, -0.15) is 4.90 Å². The van der Waals surface area contributed by atoms with E-state index in [0.29, 0.717) is 40.1 Å². The standard InChI is InChI=1S/C45H58FN5O7/c1-26-19-31(13-15-35(26)27(2)24-52)38(41(53)50(10)23-32-20-33(47)22-37(46)39(32)56-25-28(3)29-11-12-29)49-34-14-16-36-30(21-34)17-18-48-40(36)51(42(54)57-44(4,5)6)43(55)58-45(7,8)9/h13-22,27-29,38,49,52H,11-12,23-25,47H2,1-10H3/t27-,28+,38?/m0/s1. The van der Waals surface area contributed by atoms with Gasteiger partial charge in [0.1, 0.15) is 17.2 Å². The third-order valence-corrected chi connectivity index (χ3v) is 9.94. The second-order valence-electron chi connectivity index (χ2n) is 17.5. The summed E-state index contributed by atoms with van der Waals surface area (Å²) < 4.78 is 32.6. The van der Waals surface area contributed by atoms with E-state index in [9.17, 15) is 19.5 Å². The summed E-state index contributed by atoms with van der Waals surface area (Å²) in [5.74, 6) is -0.0819. The first-order valence-electron chi connectivity index (χ1n) is 19.7. The van der Waals surface area contributed by atoms with Gasteiger partial charge in [0.2, 0.25) is 5.91 Å². The Morgan fingerprint density at radius 3 is 2.21 bits per heavy atom. The number of ether oxygens (including phenoxy) is 3. The lowest BCUT2D eigenvalue weighted by Crippen LogP contribution is -2.44. The first-order valence-corrected chi connectivity index (χ1v) is 19.7. The number of benzene rings is 3. The molecule has 3 atom stereocenters. The van der Waals surface area contributed by atoms with E-state index < -0.39 is 35.2 Å². The molecule has 1 aromatic heterocycles. The number of aromatic nitrogens is 1. The van der Waals surface area contributed by atoms with Crippen LogP contribution in [0.5, 0.6) is 5.75 Å². The Bertz CT molecular complexity index is 2110. The van der Waals surface area contributed by atoms with Crippen molar-refractivity contribution in [1.29, 1.82) is 0 Å². The van der Waals surface area contributed by atoms with Gasteiger partial charge >= 0.3 is 12.2 Å². The van der Waals surface area contributed by atoms with Crippen LogP contribution in [0.4, 0.5) is 31.2 Å². The van der Waals surface area contributed by atoms with Gasteiger partial charge in [-0.15, -0.1) is 0 Å². The monoisotopic (exact) mass is 799 g/mol. The summed E-state index contributed by atoms with van der Waals surface area (Å²) in [5.41, 5.74) is 8.00. The van der Waals surface area contributed by atoms with E-state index in [1.807, 2.05) is 32.0 Å². The maximum absolute atomic E-state index is 15.4. The fourth-order valence-electron chi connectivity index (χ4n) is 6.80. The average Bonchev–Trinajstić information content (AvgIpc) is 3.97. The van der Waals surface area contributed by atoms with Crippen LogP contribution in [0.1, 0.15) is 102 Å². The normalized spacial score (nSPS) is 14.6. The van der Waals surface area contributed by atoms with Gasteiger partial charge < -0.3 is 35.3 Å². The van der Waals surface area contributed by atoms with Crippen LogP contribution >= 0.6 is 0 Å². The predicted octanol–water partition coefficient (Wildman–Crippen LogP) is 9.27. The lowest BCUT2D eigenvalue weighted by Gasteiger charge is -2.29. The van der Waals surface area contributed by atoms with E-state index in [4.69, 9.17) is 19.9 Å². The molecule has 0 bridgehead atoms. The molecule has 0 aliphatic heterocycles. The Morgan fingerprint density at radius 1 is 0.966 bits per heavy atom. The van der Waals surface area contributed by atoms with Crippen LogP contribution in [0.25, 0.3) is 10.8 Å². The highest BCUT2D eigenvalue weighted by molar-refractivity contribution is 6.14. The highest BCUT2D eigenvalue weighted by Crippen LogP contribution is 2.38. The molecule has 0 spiro atoms. The number of nitrogen functional groups attached to an aromatic ring is 1. The third-order valence-electron chi connectivity index (χ3n) is 9.94. The second-order valence-corrected chi connectivity index (χ2v) is 17.5. The lowest BCUT2D eigenvalue weighted by atomic mass is 9.93. The molecule has 1 aliphatic carbocycles. The Hall–Kier alpha value is -5.43. The number of carbonyl (C=O) groups excluding carboxylic acids is 3. The van der Waals surface area contributed by atoms with Crippen molar-refractivity contribution >= 4 is 46.1 Å². The van der Waals surface area contributed by atoms with Crippen LogP contribution in [-0.2, 0) is 20.8 Å². The summed E-state index contributed by atoms with van der Waals surface area (Å²) in [5, 5.41) is 14.3. The highest BCUT2D eigenvalue weighted by Gasteiger charge is 2.35. The summed E-state index contributed by atoms with van der Waals surface area (Å²) in [6.07, 6.45) is 1.85. The van der Waals surface area contributed by atoms with Gasteiger partial charge in [-0.05, 0) is 126 Å². The number of amides is 3. The van der Waals surface area contributed by atoms with Crippen molar-refractivity contribution < 1.29 is 38.1 Å². The number of aliphatic hydroxyl groups is 1. The first-order chi connectivity index (χ1) is 27.1. The number of pyridine rings is 1. The van der Waals surface area contributed by atoms with Gasteiger partial charge in [0.05, 0.1) is 6.61 Å². The van der Waals surface area contributed by atoms with Crippen LogP contribution in [0.3, 0.4) is 0 Å². The van der Waals surface area contributed by atoms with Gasteiger partial charge in [-0.25, -0.2) is 19.0 Å². The minimum Gasteiger partial charge on any atom is -0.490 e. The van der Waals surface area contributed by atoms with Crippen LogP contribution in [-0.4, -0.2) is 64.5 Å². The molecule has 1 saturated carbocycles.